The van der Waals surface area contributed by atoms with Crippen LogP contribution in [0.1, 0.15) is 44.9 Å². The lowest BCUT2D eigenvalue weighted by Crippen LogP contribution is -2.28. The lowest BCUT2D eigenvalue weighted by Gasteiger charge is -2.16. The molecule has 0 radical (unpaired) electrons. The lowest BCUT2D eigenvalue weighted by molar-refractivity contribution is 0.137. The van der Waals surface area contributed by atoms with Gasteiger partial charge in [-0.2, -0.15) is 0 Å². The Morgan fingerprint density at radius 2 is 1.31 bits per heavy atom. The standard InChI is InChI=1S/C9H18BNO2/c11-10-12-8-6-4-2-1-3-5-7-9(8)13-10/h8-9H,1-7,11H2. The quantitative estimate of drug-likeness (QED) is 0.578. The molecule has 2 unspecified atom stereocenters. The van der Waals surface area contributed by atoms with Crippen LogP contribution in [-0.2, 0) is 9.31 Å². The van der Waals surface area contributed by atoms with E-state index in [0.717, 1.165) is 12.8 Å². The Balaban J connectivity index is 1.90. The number of hydrogen-bond donors (Lipinski definition) is 1. The van der Waals surface area contributed by atoms with Crippen LogP contribution in [0.4, 0.5) is 0 Å². The zero-order valence-electron chi connectivity index (χ0n) is 8.08. The van der Waals surface area contributed by atoms with Gasteiger partial charge in [0.05, 0.1) is 12.2 Å². The van der Waals surface area contributed by atoms with Gasteiger partial charge < -0.3 is 15.0 Å². The molecule has 3 nitrogen and oxygen atoms in total. The minimum Gasteiger partial charge on any atom is -0.392 e. The third-order valence-electron chi connectivity index (χ3n) is 3.01. The minimum atomic E-state index is -0.463. The second kappa shape index (κ2) is 4.44. The van der Waals surface area contributed by atoms with E-state index in [4.69, 9.17) is 15.0 Å². The monoisotopic (exact) mass is 183 g/mol. The fourth-order valence-corrected chi connectivity index (χ4v) is 2.28. The molecule has 0 spiro atoms. The van der Waals surface area contributed by atoms with Gasteiger partial charge in [0, 0.05) is 0 Å². The van der Waals surface area contributed by atoms with Crippen molar-refractivity contribution in [3.63, 3.8) is 0 Å². The van der Waals surface area contributed by atoms with E-state index in [1.54, 1.807) is 0 Å². The zero-order chi connectivity index (χ0) is 9.10. The van der Waals surface area contributed by atoms with E-state index in [9.17, 15) is 0 Å². The molecule has 2 N–H and O–H groups in total. The molecule has 2 aliphatic rings. The highest BCUT2D eigenvalue weighted by atomic mass is 16.7. The fraction of sp³-hybridized carbons (Fsp3) is 1.00. The summed E-state index contributed by atoms with van der Waals surface area (Å²) in [7, 11) is -0.463. The molecule has 0 aromatic carbocycles. The highest BCUT2D eigenvalue weighted by Gasteiger charge is 2.36. The summed E-state index contributed by atoms with van der Waals surface area (Å²) in [4.78, 5) is 0. The Kier molecular flexibility index (Phi) is 3.25. The topological polar surface area (TPSA) is 44.5 Å². The van der Waals surface area contributed by atoms with Crippen molar-refractivity contribution in [2.24, 2.45) is 5.64 Å². The van der Waals surface area contributed by atoms with E-state index in [1.807, 2.05) is 0 Å². The maximum Gasteiger partial charge on any atom is 0.552 e. The summed E-state index contributed by atoms with van der Waals surface area (Å²) in [5.74, 6) is 0. The van der Waals surface area contributed by atoms with E-state index in [2.05, 4.69) is 0 Å². The summed E-state index contributed by atoms with van der Waals surface area (Å²) in [5.41, 5.74) is 5.59. The van der Waals surface area contributed by atoms with Crippen LogP contribution in [0.5, 0.6) is 0 Å². The molecule has 0 aromatic rings. The van der Waals surface area contributed by atoms with Crippen LogP contribution in [0.2, 0.25) is 0 Å². The van der Waals surface area contributed by atoms with E-state index in [0.29, 0.717) is 0 Å². The molecule has 1 aliphatic carbocycles. The van der Waals surface area contributed by atoms with Crippen molar-refractivity contribution in [2.45, 2.75) is 57.2 Å². The zero-order valence-corrected chi connectivity index (χ0v) is 8.08. The second-order valence-electron chi connectivity index (χ2n) is 4.06. The van der Waals surface area contributed by atoms with E-state index in [-0.39, 0.29) is 12.2 Å². The van der Waals surface area contributed by atoms with Gasteiger partial charge in [-0.15, -0.1) is 0 Å². The average Bonchev–Trinajstić information content (AvgIpc) is 2.46. The molecular formula is C9H18BNO2. The summed E-state index contributed by atoms with van der Waals surface area (Å²) >= 11 is 0. The molecule has 1 saturated carbocycles. The van der Waals surface area contributed by atoms with Gasteiger partial charge in [0.15, 0.2) is 0 Å². The van der Waals surface area contributed by atoms with Gasteiger partial charge in [-0.1, -0.05) is 32.1 Å². The summed E-state index contributed by atoms with van der Waals surface area (Å²) in [6, 6.07) is 0. The molecule has 1 heterocycles. The number of rotatable bonds is 0. The molecular weight excluding hydrogens is 165 g/mol. The first kappa shape index (κ1) is 9.50. The largest absolute Gasteiger partial charge is 0.552 e. The molecule has 13 heavy (non-hydrogen) atoms. The first-order valence-electron chi connectivity index (χ1n) is 5.43. The van der Waals surface area contributed by atoms with Crippen molar-refractivity contribution < 1.29 is 9.31 Å². The molecule has 0 bridgehead atoms. The number of fused-ring (bicyclic) bond motifs is 1. The smallest absolute Gasteiger partial charge is 0.392 e. The summed E-state index contributed by atoms with van der Waals surface area (Å²) in [6.07, 6.45) is 9.35. The van der Waals surface area contributed by atoms with E-state index >= 15 is 0 Å². The fourth-order valence-electron chi connectivity index (χ4n) is 2.28. The Bertz CT molecular complexity index is 152. The first-order valence-corrected chi connectivity index (χ1v) is 5.43. The maximum absolute atomic E-state index is 5.59. The van der Waals surface area contributed by atoms with Crippen molar-refractivity contribution in [1.29, 1.82) is 0 Å². The first-order chi connectivity index (χ1) is 6.36. The van der Waals surface area contributed by atoms with Crippen LogP contribution < -0.4 is 5.64 Å². The molecule has 4 heteroatoms. The van der Waals surface area contributed by atoms with Crippen LogP contribution >= 0.6 is 0 Å². The maximum atomic E-state index is 5.59. The third-order valence-corrected chi connectivity index (χ3v) is 3.01. The highest BCUT2D eigenvalue weighted by Crippen LogP contribution is 2.26. The average molecular weight is 183 g/mol. The highest BCUT2D eigenvalue weighted by molar-refractivity contribution is 6.40. The minimum absolute atomic E-state index is 0.271. The van der Waals surface area contributed by atoms with Crippen LogP contribution in [0.25, 0.3) is 0 Å². The van der Waals surface area contributed by atoms with Crippen LogP contribution in [-0.4, -0.2) is 19.5 Å². The number of nitrogens with two attached hydrogens (primary N) is 1. The molecule has 1 saturated heterocycles. The molecule has 0 amide bonds. The van der Waals surface area contributed by atoms with Crippen molar-refractivity contribution >= 4 is 7.25 Å². The van der Waals surface area contributed by atoms with Gasteiger partial charge in [-0.05, 0) is 12.8 Å². The Morgan fingerprint density at radius 3 is 1.85 bits per heavy atom. The molecule has 2 atom stereocenters. The number of hydrogen-bond acceptors (Lipinski definition) is 3. The van der Waals surface area contributed by atoms with Crippen LogP contribution in [0, 0.1) is 0 Å². The van der Waals surface area contributed by atoms with Gasteiger partial charge >= 0.3 is 7.25 Å². The summed E-state index contributed by atoms with van der Waals surface area (Å²) in [6.45, 7) is 0. The van der Waals surface area contributed by atoms with Crippen LogP contribution in [0.3, 0.4) is 0 Å². The Labute approximate surface area is 80.1 Å². The second-order valence-corrected chi connectivity index (χ2v) is 4.06. The summed E-state index contributed by atoms with van der Waals surface area (Å²) < 4.78 is 11.0. The molecule has 0 aromatic heterocycles. The predicted octanol–water partition coefficient (Wildman–Crippen LogP) is 1.46. The molecule has 2 fully saturated rings. The van der Waals surface area contributed by atoms with Crippen molar-refractivity contribution in [3.05, 3.63) is 0 Å². The van der Waals surface area contributed by atoms with Crippen molar-refractivity contribution in [3.8, 4) is 0 Å². The van der Waals surface area contributed by atoms with Crippen molar-refractivity contribution in [1.82, 2.24) is 0 Å². The van der Waals surface area contributed by atoms with Gasteiger partial charge in [0.1, 0.15) is 0 Å². The van der Waals surface area contributed by atoms with Crippen LogP contribution in [0.15, 0.2) is 0 Å². The SMILES string of the molecule is NB1OC2CCCCCCCC2O1. The van der Waals surface area contributed by atoms with E-state index < -0.39 is 7.25 Å². The van der Waals surface area contributed by atoms with Gasteiger partial charge in [-0.3, -0.25) is 0 Å². The molecule has 74 valence electrons. The van der Waals surface area contributed by atoms with Gasteiger partial charge in [0.2, 0.25) is 0 Å². The predicted molar refractivity (Wildman–Crippen MR) is 52.0 cm³/mol. The van der Waals surface area contributed by atoms with Gasteiger partial charge in [0.25, 0.3) is 0 Å². The molecule has 2 rings (SSSR count). The van der Waals surface area contributed by atoms with E-state index in [1.165, 1.54) is 32.1 Å². The van der Waals surface area contributed by atoms with Gasteiger partial charge in [-0.25, -0.2) is 0 Å². The van der Waals surface area contributed by atoms with Crippen molar-refractivity contribution in [2.75, 3.05) is 0 Å². The normalized spacial score (nSPS) is 36.2. The Hall–Kier alpha value is -0.0551. The molecule has 1 aliphatic heterocycles. The third kappa shape index (κ3) is 2.45. The lowest BCUT2D eigenvalue weighted by atomic mass is 10.1. The Morgan fingerprint density at radius 1 is 0.846 bits per heavy atom. The summed E-state index contributed by atoms with van der Waals surface area (Å²) in [5, 5.41) is 0.